The third-order valence-electron chi connectivity index (χ3n) is 8.18. The molecule has 0 aliphatic heterocycles. The Kier molecular flexibility index (Phi) is 19.3. The minimum atomic E-state index is -4.78. The molecule has 60 heavy (non-hydrogen) atoms. The van der Waals surface area contributed by atoms with Crippen molar-refractivity contribution in [2.24, 2.45) is 0 Å². The van der Waals surface area contributed by atoms with Crippen LogP contribution in [0.4, 0.5) is 0 Å². The first-order chi connectivity index (χ1) is 28.8. The lowest BCUT2D eigenvalue weighted by Crippen LogP contribution is -2.68. The fourth-order valence-electron chi connectivity index (χ4n) is 5.87. The molecule has 0 amide bonds. The van der Waals surface area contributed by atoms with Crippen LogP contribution in [0.25, 0.3) is 0 Å². The van der Waals surface area contributed by atoms with Gasteiger partial charge in [-0.15, -0.1) is 0 Å². The molecule has 1 aliphatic rings. The topological polar surface area (TPSA) is 213 Å². The number of phosphoric ester groups is 3. The summed E-state index contributed by atoms with van der Waals surface area (Å²) in [7, 11) is -14.3. The first-order valence-corrected chi connectivity index (χ1v) is 23.7. The molecular weight excluding hydrogens is 849 g/mol. The highest BCUT2D eigenvalue weighted by Gasteiger charge is 2.63. The van der Waals surface area contributed by atoms with Gasteiger partial charge in [-0.25, -0.2) is 28.1 Å². The minimum Gasteiger partial charge on any atom is -0.452 e. The lowest BCUT2D eigenvalue weighted by Gasteiger charge is -2.48. The highest BCUT2D eigenvalue weighted by Crippen LogP contribution is 2.59. The number of esters is 3. The number of hydrogen-bond acceptors (Lipinski definition) is 18. The Morgan fingerprint density at radius 2 is 0.567 bits per heavy atom. The number of phosphoric acid groups is 3. The summed E-state index contributed by atoms with van der Waals surface area (Å²) >= 11 is 0. The van der Waals surface area contributed by atoms with E-state index in [2.05, 4.69) is 0 Å². The van der Waals surface area contributed by atoms with Crippen LogP contribution in [0.1, 0.15) is 72.6 Å². The monoisotopic (exact) mass is 900 g/mol. The summed E-state index contributed by atoms with van der Waals surface area (Å²) in [5, 5.41) is 0. The van der Waals surface area contributed by atoms with Crippen molar-refractivity contribution in [2.45, 2.75) is 78.2 Å². The zero-order valence-corrected chi connectivity index (χ0v) is 36.7. The maximum Gasteiger partial charge on any atom is 0.475 e. The molecule has 6 atom stereocenters. The Balaban J connectivity index is 2.11. The van der Waals surface area contributed by atoms with Gasteiger partial charge in [-0.05, 0) is 77.9 Å². The molecule has 2 unspecified atom stereocenters. The van der Waals surface area contributed by atoms with Gasteiger partial charge >= 0.3 is 41.4 Å². The molecule has 0 radical (unpaired) electrons. The molecule has 1 fully saturated rings. The van der Waals surface area contributed by atoms with Crippen LogP contribution in [0.3, 0.4) is 0 Å². The minimum absolute atomic E-state index is 0.00659. The van der Waals surface area contributed by atoms with E-state index in [4.69, 9.17) is 54.9 Å². The van der Waals surface area contributed by atoms with Gasteiger partial charge in [0.05, 0.1) is 56.3 Å². The Morgan fingerprint density at radius 1 is 0.367 bits per heavy atom. The molecule has 1 aliphatic carbocycles. The van der Waals surface area contributed by atoms with E-state index >= 15 is 0 Å². The Morgan fingerprint density at radius 3 is 0.783 bits per heavy atom. The van der Waals surface area contributed by atoms with Crippen LogP contribution < -0.4 is 0 Å². The number of benzene rings is 3. The van der Waals surface area contributed by atoms with Gasteiger partial charge in [0.25, 0.3) is 0 Å². The van der Waals surface area contributed by atoms with Gasteiger partial charge in [0.2, 0.25) is 0 Å². The number of carbonyl (C=O) groups excluding carboxylic acids is 3. The fraction of sp³-hybridized carbons (Fsp3) is 0.462. The van der Waals surface area contributed by atoms with E-state index in [9.17, 15) is 28.1 Å². The van der Waals surface area contributed by atoms with E-state index in [1.807, 2.05) is 0 Å². The van der Waals surface area contributed by atoms with Crippen molar-refractivity contribution in [1.29, 1.82) is 0 Å². The van der Waals surface area contributed by atoms with Crippen LogP contribution in [-0.2, 0) is 68.6 Å². The second-order valence-electron chi connectivity index (χ2n) is 12.3. The quantitative estimate of drug-likeness (QED) is 0.0469. The van der Waals surface area contributed by atoms with Crippen molar-refractivity contribution < 1.29 is 83.0 Å². The largest absolute Gasteiger partial charge is 0.475 e. The second kappa shape index (κ2) is 23.6. The zero-order chi connectivity index (χ0) is 43.8. The molecule has 0 bridgehead atoms. The molecule has 4 rings (SSSR count). The molecule has 1 saturated carbocycles. The smallest absolute Gasteiger partial charge is 0.452 e. The van der Waals surface area contributed by atoms with Gasteiger partial charge in [0, 0.05) is 0 Å². The summed E-state index contributed by atoms with van der Waals surface area (Å²) in [5.41, 5.74) is -0.0300. The Hall–Kier alpha value is -3.60. The van der Waals surface area contributed by atoms with Crippen molar-refractivity contribution in [3.05, 3.63) is 108 Å². The van der Waals surface area contributed by atoms with E-state index in [0.29, 0.717) is 0 Å². The van der Waals surface area contributed by atoms with Crippen LogP contribution in [0.5, 0.6) is 0 Å². The normalized spacial score (nSPS) is 20.9. The van der Waals surface area contributed by atoms with Gasteiger partial charge in [0.15, 0.2) is 18.3 Å². The maximum absolute atomic E-state index is 14.4. The molecule has 0 aromatic heterocycles. The number of hydrogen-bond donors (Lipinski definition) is 0. The van der Waals surface area contributed by atoms with E-state index < -0.39 is 78.0 Å². The predicted molar refractivity (Wildman–Crippen MR) is 214 cm³/mol. The summed E-state index contributed by atoms with van der Waals surface area (Å²) in [6, 6.07) is 22.8. The Bertz CT molecular complexity index is 1830. The fourth-order valence-corrected chi connectivity index (χ4v) is 9.97. The highest BCUT2D eigenvalue weighted by molar-refractivity contribution is 7.49. The molecule has 21 heteroatoms. The number of ether oxygens (including phenoxy) is 3. The highest BCUT2D eigenvalue weighted by atomic mass is 31.2. The van der Waals surface area contributed by atoms with Crippen molar-refractivity contribution in [1.82, 2.24) is 0 Å². The maximum atomic E-state index is 14.4. The van der Waals surface area contributed by atoms with Crippen LogP contribution in [0.15, 0.2) is 91.0 Å². The summed E-state index contributed by atoms with van der Waals surface area (Å²) in [4.78, 5) is 42.3. The van der Waals surface area contributed by atoms with E-state index in [-0.39, 0.29) is 56.3 Å². The van der Waals surface area contributed by atoms with Crippen molar-refractivity contribution >= 4 is 41.4 Å². The molecule has 0 spiro atoms. The van der Waals surface area contributed by atoms with Crippen LogP contribution in [0.2, 0.25) is 0 Å². The van der Waals surface area contributed by atoms with Crippen molar-refractivity contribution in [3.8, 4) is 0 Å². The second-order valence-corrected chi connectivity index (χ2v) is 17.1. The molecular formula is C39H51O18P3. The summed E-state index contributed by atoms with van der Waals surface area (Å²) in [6.07, 6.45) is -12.4. The zero-order valence-electron chi connectivity index (χ0n) is 34.1. The first-order valence-electron chi connectivity index (χ1n) is 19.3. The third kappa shape index (κ3) is 13.4. The molecule has 330 valence electrons. The summed E-state index contributed by atoms with van der Waals surface area (Å²) < 4.78 is 113. The van der Waals surface area contributed by atoms with E-state index in [1.54, 1.807) is 54.6 Å². The van der Waals surface area contributed by atoms with Crippen molar-refractivity contribution in [2.75, 3.05) is 39.6 Å². The first kappa shape index (κ1) is 49.1. The lowest BCUT2D eigenvalue weighted by molar-refractivity contribution is -0.215. The molecule has 0 saturated heterocycles. The van der Waals surface area contributed by atoms with Crippen LogP contribution in [-0.4, -0.2) is 94.2 Å². The average molecular weight is 901 g/mol. The van der Waals surface area contributed by atoms with Crippen molar-refractivity contribution in [3.63, 3.8) is 0 Å². The SMILES string of the molecule is CCOP(=O)(OCC)OC1[C@@H](OP(=O)(OCC)OCC)[C@H](OC(=O)c2ccccc2)C(OC(=O)c2ccccc2)[C@H](OC(=O)c2ccccc2)[C@@H]1OP(=O)(OCC)OCC. The van der Waals surface area contributed by atoms with Gasteiger partial charge < -0.3 is 14.2 Å². The summed E-state index contributed by atoms with van der Waals surface area (Å²) in [5.74, 6) is -3.13. The van der Waals surface area contributed by atoms with Gasteiger partial charge in [-0.1, -0.05) is 54.6 Å². The molecule has 0 heterocycles. The summed E-state index contributed by atoms with van der Waals surface area (Å²) in [6.45, 7) is 7.48. The number of rotatable bonds is 24. The lowest BCUT2D eigenvalue weighted by atomic mass is 9.84. The molecule has 3 aromatic carbocycles. The molecule has 3 aromatic rings. The molecule has 0 N–H and O–H groups in total. The Labute approximate surface area is 349 Å². The van der Waals surface area contributed by atoms with Crippen LogP contribution in [0, 0.1) is 0 Å². The van der Waals surface area contributed by atoms with E-state index in [0.717, 1.165) is 0 Å². The van der Waals surface area contributed by atoms with Gasteiger partial charge in [-0.3, -0.25) is 40.7 Å². The van der Waals surface area contributed by atoms with Gasteiger partial charge in [-0.2, -0.15) is 0 Å². The molecule has 18 nitrogen and oxygen atoms in total. The number of carbonyl (C=O) groups is 3. The van der Waals surface area contributed by atoms with Crippen LogP contribution >= 0.6 is 23.5 Å². The average Bonchev–Trinajstić information content (AvgIpc) is 3.23. The van der Waals surface area contributed by atoms with Gasteiger partial charge in [0.1, 0.15) is 18.3 Å². The predicted octanol–water partition coefficient (Wildman–Crippen LogP) is 8.38. The third-order valence-corrected chi connectivity index (χ3v) is 13.1. The van der Waals surface area contributed by atoms with E-state index in [1.165, 1.54) is 77.9 Å². The standard InChI is InChI=1S/C39H51O18P3/c1-7-46-58(43,47-8-2)55-34-32(53-38(41)29-24-18-14-19-25-29)31(52-37(40)28-22-16-13-17-23-28)33(54-39(42)30-26-20-15-21-27-30)35(56-59(44,48-9-3)49-10-4)36(34)57-60(45,50-11-5)51-12-6/h13-27,31-36H,7-12H2,1-6H3/t31?,32-,33+,34-,35-,36?/m0/s1.